The molecule has 1 unspecified atom stereocenters. The molecule has 0 bridgehead atoms. The van der Waals surface area contributed by atoms with E-state index in [0.717, 1.165) is 5.57 Å². The van der Waals surface area contributed by atoms with Crippen molar-refractivity contribution >= 4 is 5.78 Å². The van der Waals surface area contributed by atoms with Crippen LogP contribution in [0.25, 0.3) is 0 Å². The third-order valence-corrected chi connectivity index (χ3v) is 3.02. The van der Waals surface area contributed by atoms with E-state index in [0.29, 0.717) is 5.92 Å². The Bertz CT molecular complexity index is 292. The van der Waals surface area contributed by atoms with Gasteiger partial charge in [-0.15, -0.1) is 0 Å². The summed E-state index contributed by atoms with van der Waals surface area (Å²) in [4.78, 5) is 11.3. The van der Waals surface area contributed by atoms with Crippen molar-refractivity contribution in [1.29, 1.82) is 0 Å². The summed E-state index contributed by atoms with van der Waals surface area (Å²) in [5, 5.41) is 0. The van der Waals surface area contributed by atoms with Gasteiger partial charge in [0.1, 0.15) is 0 Å². The van der Waals surface area contributed by atoms with E-state index in [1.807, 2.05) is 6.92 Å². The third kappa shape index (κ3) is 1.13. The molecule has 0 saturated heterocycles. The monoisotopic (exact) mass is 164 g/mol. The van der Waals surface area contributed by atoms with Gasteiger partial charge >= 0.3 is 0 Å². The molecule has 0 fully saturated rings. The van der Waals surface area contributed by atoms with E-state index in [-0.39, 0.29) is 5.78 Å². The lowest BCUT2D eigenvalue weighted by Crippen LogP contribution is -2.05. The lowest BCUT2D eigenvalue weighted by Gasteiger charge is -2.08. The maximum Gasteiger partial charge on any atom is 0.156 e. The molecule has 0 spiro atoms. The number of ketones is 1. The maximum absolute atomic E-state index is 11.3. The standard InChI is InChI=1S/C11H16O/c1-6-7(2)9(4)11(8(6)3)10(5)12/h8H,1-5H3. The fourth-order valence-corrected chi connectivity index (χ4v) is 1.93. The van der Waals surface area contributed by atoms with E-state index in [9.17, 15) is 4.79 Å². The Labute approximate surface area is 74.2 Å². The molecule has 0 aliphatic heterocycles. The SMILES string of the molecule is CC(=O)C1=C(C)C(C)=C(C)C1C. The number of carbonyl (C=O) groups is 1. The Balaban J connectivity index is 3.17. The van der Waals surface area contributed by atoms with E-state index >= 15 is 0 Å². The molecule has 1 nitrogen and oxygen atoms in total. The van der Waals surface area contributed by atoms with Crippen molar-refractivity contribution in [2.45, 2.75) is 34.6 Å². The highest BCUT2D eigenvalue weighted by Crippen LogP contribution is 2.36. The summed E-state index contributed by atoms with van der Waals surface area (Å²) in [7, 11) is 0. The van der Waals surface area contributed by atoms with Crippen molar-refractivity contribution in [3.8, 4) is 0 Å². The molecule has 0 amide bonds. The van der Waals surface area contributed by atoms with E-state index < -0.39 is 0 Å². The summed E-state index contributed by atoms with van der Waals surface area (Å²) in [6.45, 7) is 10.0. The smallest absolute Gasteiger partial charge is 0.156 e. The van der Waals surface area contributed by atoms with Crippen LogP contribution in [-0.2, 0) is 4.79 Å². The highest BCUT2D eigenvalue weighted by atomic mass is 16.1. The molecular formula is C11H16O. The van der Waals surface area contributed by atoms with Gasteiger partial charge in [0.05, 0.1) is 0 Å². The molecular weight excluding hydrogens is 148 g/mol. The fraction of sp³-hybridized carbons (Fsp3) is 0.545. The number of allylic oxidation sites excluding steroid dienone is 4. The van der Waals surface area contributed by atoms with Crippen LogP contribution in [0.15, 0.2) is 22.3 Å². The molecule has 0 aromatic heterocycles. The first-order valence-corrected chi connectivity index (χ1v) is 4.36. The molecule has 12 heavy (non-hydrogen) atoms. The minimum Gasteiger partial charge on any atom is -0.295 e. The van der Waals surface area contributed by atoms with Crippen LogP contribution < -0.4 is 0 Å². The number of hydrogen-bond donors (Lipinski definition) is 0. The Kier molecular flexibility index (Phi) is 2.22. The predicted octanol–water partition coefficient (Wildman–Crippen LogP) is 2.88. The zero-order chi connectivity index (χ0) is 9.46. The van der Waals surface area contributed by atoms with Crippen LogP contribution in [0.5, 0.6) is 0 Å². The average Bonchev–Trinajstić information content (AvgIpc) is 2.16. The van der Waals surface area contributed by atoms with E-state index in [1.54, 1.807) is 6.92 Å². The molecule has 0 heterocycles. The zero-order valence-corrected chi connectivity index (χ0v) is 8.49. The Hall–Kier alpha value is -0.850. The van der Waals surface area contributed by atoms with Gasteiger partial charge < -0.3 is 0 Å². The number of carbonyl (C=O) groups excluding carboxylic acids is 1. The van der Waals surface area contributed by atoms with E-state index in [2.05, 4.69) is 20.8 Å². The second-order valence-electron chi connectivity index (χ2n) is 3.62. The van der Waals surface area contributed by atoms with Crippen molar-refractivity contribution in [3.05, 3.63) is 22.3 Å². The predicted molar refractivity (Wildman–Crippen MR) is 50.9 cm³/mol. The van der Waals surface area contributed by atoms with Gasteiger partial charge in [0.25, 0.3) is 0 Å². The number of hydrogen-bond acceptors (Lipinski definition) is 1. The molecule has 0 aromatic carbocycles. The fourth-order valence-electron chi connectivity index (χ4n) is 1.93. The first-order valence-electron chi connectivity index (χ1n) is 4.36. The van der Waals surface area contributed by atoms with Gasteiger partial charge in [-0.2, -0.15) is 0 Å². The van der Waals surface area contributed by atoms with Crippen molar-refractivity contribution < 1.29 is 4.79 Å². The largest absolute Gasteiger partial charge is 0.295 e. The van der Waals surface area contributed by atoms with Gasteiger partial charge in [-0.3, -0.25) is 4.79 Å². The molecule has 0 N–H and O–H groups in total. The first-order chi connectivity index (χ1) is 5.46. The van der Waals surface area contributed by atoms with Crippen LogP contribution in [0.2, 0.25) is 0 Å². The molecule has 1 atom stereocenters. The van der Waals surface area contributed by atoms with Crippen LogP contribution in [0.4, 0.5) is 0 Å². The van der Waals surface area contributed by atoms with Crippen molar-refractivity contribution in [1.82, 2.24) is 0 Å². The van der Waals surface area contributed by atoms with E-state index in [4.69, 9.17) is 0 Å². The third-order valence-electron chi connectivity index (χ3n) is 3.02. The minimum atomic E-state index is 0.219. The topological polar surface area (TPSA) is 17.1 Å². The van der Waals surface area contributed by atoms with Crippen LogP contribution >= 0.6 is 0 Å². The maximum atomic E-state index is 11.3. The van der Waals surface area contributed by atoms with Gasteiger partial charge in [-0.1, -0.05) is 12.5 Å². The van der Waals surface area contributed by atoms with Gasteiger partial charge in [-0.25, -0.2) is 0 Å². The van der Waals surface area contributed by atoms with Crippen molar-refractivity contribution in [2.75, 3.05) is 0 Å². The molecule has 0 radical (unpaired) electrons. The first kappa shape index (κ1) is 9.24. The number of rotatable bonds is 1. The molecule has 1 heteroatoms. The van der Waals surface area contributed by atoms with Gasteiger partial charge in [0.15, 0.2) is 5.78 Å². The normalized spacial score (nSPS) is 23.9. The summed E-state index contributed by atoms with van der Waals surface area (Å²) in [5.41, 5.74) is 4.84. The van der Waals surface area contributed by atoms with E-state index in [1.165, 1.54) is 16.7 Å². The second kappa shape index (κ2) is 2.89. The van der Waals surface area contributed by atoms with Gasteiger partial charge in [0.2, 0.25) is 0 Å². The summed E-state index contributed by atoms with van der Waals surface area (Å²) in [6, 6.07) is 0. The quantitative estimate of drug-likeness (QED) is 0.582. The Morgan fingerprint density at radius 3 is 1.83 bits per heavy atom. The Morgan fingerprint density at radius 2 is 1.67 bits per heavy atom. The number of Topliss-reactive ketones (excluding diaryl/α,β-unsaturated/α-hetero) is 1. The molecule has 66 valence electrons. The van der Waals surface area contributed by atoms with Crippen LogP contribution in [0.1, 0.15) is 34.6 Å². The van der Waals surface area contributed by atoms with Crippen molar-refractivity contribution in [3.63, 3.8) is 0 Å². The molecule has 1 aliphatic rings. The summed E-state index contributed by atoms with van der Waals surface area (Å²) in [6.07, 6.45) is 0. The molecule has 0 aromatic rings. The summed E-state index contributed by atoms with van der Waals surface area (Å²) < 4.78 is 0. The van der Waals surface area contributed by atoms with Gasteiger partial charge in [-0.05, 0) is 38.8 Å². The Morgan fingerprint density at radius 1 is 1.17 bits per heavy atom. The minimum absolute atomic E-state index is 0.219. The molecule has 1 rings (SSSR count). The lowest BCUT2D eigenvalue weighted by molar-refractivity contribution is -0.114. The van der Waals surface area contributed by atoms with Crippen LogP contribution in [0, 0.1) is 5.92 Å². The summed E-state index contributed by atoms with van der Waals surface area (Å²) >= 11 is 0. The van der Waals surface area contributed by atoms with Crippen LogP contribution in [-0.4, -0.2) is 5.78 Å². The summed E-state index contributed by atoms with van der Waals surface area (Å²) in [5.74, 6) is 0.554. The lowest BCUT2D eigenvalue weighted by atomic mass is 9.95. The molecule has 1 aliphatic carbocycles. The van der Waals surface area contributed by atoms with Crippen LogP contribution in [0.3, 0.4) is 0 Å². The zero-order valence-electron chi connectivity index (χ0n) is 8.49. The highest BCUT2D eigenvalue weighted by molar-refractivity contribution is 5.96. The van der Waals surface area contributed by atoms with Gasteiger partial charge in [0, 0.05) is 11.5 Å². The second-order valence-corrected chi connectivity index (χ2v) is 3.62. The van der Waals surface area contributed by atoms with Crippen molar-refractivity contribution in [2.24, 2.45) is 5.92 Å². The average molecular weight is 164 g/mol. The highest BCUT2D eigenvalue weighted by Gasteiger charge is 2.25. The molecule has 0 saturated carbocycles.